The van der Waals surface area contributed by atoms with Gasteiger partial charge in [-0.05, 0) is 29.3 Å². The lowest BCUT2D eigenvalue weighted by Crippen LogP contribution is -2.27. The maximum absolute atomic E-state index is 13.9. The van der Waals surface area contributed by atoms with Crippen LogP contribution in [0.15, 0.2) is 36.4 Å². The molecule has 0 radical (unpaired) electrons. The molecule has 2 nitrogen and oxygen atoms in total. The summed E-state index contributed by atoms with van der Waals surface area (Å²) in [6.07, 6.45) is 0. The molecule has 2 aromatic carbocycles. The number of rotatable bonds is 3. The van der Waals surface area contributed by atoms with E-state index in [2.05, 4.69) is 0 Å². The summed E-state index contributed by atoms with van der Waals surface area (Å²) in [5.41, 5.74) is 7.78. The average Bonchev–Trinajstić information content (AvgIpc) is 2.79. The van der Waals surface area contributed by atoms with Crippen LogP contribution < -0.4 is 5.73 Å². The molecule has 110 valence electrons. The molecule has 0 amide bonds. The molecular formula is C16H15F3N2. The van der Waals surface area contributed by atoms with Crippen LogP contribution in [0.2, 0.25) is 0 Å². The largest absolute Gasteiger partial charge is 0.329 e. The summed E-state index contributed by atoms with van der Waals surface area (Å²) in [5.74, 6) is -1.43. The Morgan fingerprint density at radius 3 is 2.43 bits per heavy atom. The zero-order chi connectivity index (χ0) is 15.0. The van der Waals surface area contributed by atoms with Crippen molar-refractivity contribution in [3.8, 4) is 0 Å². The van der Waals surface area contributed by atoms with Crippen molar-refractivity contribution in [2.24, 2.45) is 5.73 Å². The molecule has 0 aliphatic carbocycles. The quantitative estimate of drug-likeness (QED) is 0.942. The fraction of sp³-hybridized carbons (Fsp3) is 0.250. The van der Waals surface area contributed by atoms with Gasteiger partial charge in [-0.3, -0.25) is 4.90 Å². The first-order valence-electron chi connectivity index (χ1n) is 6.75. The Morgan fingerprint density at radius 1 is 1.05 bits per heavy atom. The van der Waals surface area contributed by atoms with Crippen molar-refractivity contribution in [2.45, 2.75) is 19.1 Å². The van der Waals surface area contributed by atoms with Gasteiger partial charge in [0.15, 0.2) is 0 Å². The highest BCUT2D eigenvalue weighted by atomic mass is 19.1. The third-order valence-electron chi connectivity index (χ3n) is 3.88. The first-order valence-corrected chi connectivity index (χ1v) is 6.75. The molecule has 0 fully saturated rings. The highest BCUT2D eigenvalue weighted by molar-refractivity contribution is 5.36. The van der Waals surface area contributed by atoms with Gasteiger partial charge in [0.05, 0.1) is 0 Å². The minimum atomic E-state index is -0.590. The van der Waals surface area contributed by atoms with Crippen LogP contribution in [0.1, 0.15) is 22.7 Å². The second-order valence-electron chi connectivity index (χ2n) is 5.24. The SMILES string of the molecule is NCC1c2cc(F)cc(F)c2CN1Cc1ccc(F)cc1. The Hall–Kier alpha value is -1.85. The van der Waals surface area contributed by atoms with Crippen molar-refractivity contribution in [2.75, 3.05) is 6.54 Å². The highest BCUT2D eigenvalue weighted by Crippen LogP contribution is 2.36. The van der Waals surface area contributed by atoms with E-state index in [1.54, 1.807) is 12.1 Å². The predicted molar refractivity (Wildman–Crippen MR) is 73.8 cm³/mol. The van der Waals surface area contributed by atoms with E-state index in [1.807, 2.05) is 4.90 Å². The molecule has 1 aliphatic rings. The summed E-state index contributed by atoms with van der Waals surface area (Å²) in [6, 6.07) is 8.15. The van der Waals surface area contributed by atoms with Crippen LogP contribution in [0.3, 0.4) is 0 Å². The third-order valence-corrected chi connectivity index (χ3v) is 3.88. The first kappa shape index (κ1) is 14.1. The van der Waals surface area contributed by atoms with Crippen LogP contribution in [0.5, 0.6) is 0 Å². The van der Waals surface area contributed by atoms with Crippen molar-refractivity contribution >= 4 is 0 Å². The molecule has 1 atom stereocenters. The van der Waals surface area contributed by atoms with E-state index in [1.165, 1.54) is 18.2 Å². The molecule has 0 aromatic heterocycles. The molecule has 5 heteroatoms. The minimum Gasteiger partial charge on any atom is -0.329 e. The van der Waals surface area contributed by atoms with Crippen molar-refractivity contribution in [3.05, 3.63) is 70.5 Å². The van der Waals surface area contributed by atoms with E-state index in [0.717, 1.165) is 11.6 Å². The van der Waals surface area contributed by atoms with Gasteiger partial charge in [0.25, 0.3) is 0 Å². The van der Waals surface area contributed by atoms with E-state index >= 15 is 0 Å². The average molecular weight is 292 g/mol. The number of nitrogens with zero attached hydrogens (tertiary/aromatic N) is 1. The molecule has 2 N–H and O–H groups in total. The molecule has 1 aliphatic heterocycles. The second-order valence-corrected chi connectivity index (χ2v) is 5.24. The maximum atomic E-state index is 13.9. The van der Waals surface area contributed by atoms with Crippen LogP contribution in [0, 0.1) is 17.5 Å². The summed E-state index contributed by atoms with van der Waals surface area (Å²) >= 11 is 0. The van der Waals surface area contributed by atoms with E-state index in [0.29, 0.717) is 24.2 Å². The number of halogens is 3. The normalized spacial score (nSPS) is 18.0. The van der Waals surface area contributed by atoms with Crippen LogP contribution in [0.4, 0.5) is 13.2 Å². The van der Waals surface area contributed by atoms with Gasteiger partial charge in [0.2, 0.25) is 0 Å². The molecule has 0 spiro atoms. The first-order chi connectivity index (χ1) is 10.1. The summed E-state index contributed by atoms with van der Waals surface area (Å²) in [4.78, 5) is 1.97. The lowest BCUT2D eigenvalue weighted by atomic mass is 10.0. The number of fused-ring (bicyclic) bond motifs is 1. The second kappa shape index (κ2) is 5.50. The zero-order valence-corrected chi connectivity index (χ0v) is 11.3. The van der Waals surface area contributed by atoms with Crippen molar-refractivity contribution < 1.29 is 13.2 Å². The fourth-order valence-electron chi connectivity index (χ4n) is 2.86. The molecule has 0 bridgehead atoms. The number of hydrogen-bond donors (Lipinski definition) is 1. The molecule has 0 saturated carbocycles. The minimum absolute atomic E-state index is 0.227. The standard InChI is InChI=1S/C16H15F3N2/c17-11-3-1-10(2-4-11)8-21-9-14-13(16(21)7-20)5-12(18)6-15(14)19/h1-6,16H,7-9,20H2. The molecule has 3 rings (SSSR count). The van der Waals surface area contributed by atoms with Crippen molar-refractivity contribution in [1.29, 1.82) is 0 Å². The number of hydrogen-bond acceptors (Lipinski definition) is 2. The molecule has 1 unspecified atom stereocenters. The summed E-state index contributed by atoms with van der Waals surface area (Å²) in [7, 11) is 0. The van der Waals surface area contributed by atoms with Crippen LogP contribution in [-0.2, 0) is 13.1 Å². The Morgan fingerprint density at radius 2 is 1.76 bits per heavy atom. The Balaban J connectivity index is 1.88. The van der Waals surface area contributed by atoms with E-state index < -0.39 is 11.6 Å². The topological polar surface area (TPSA) is 29.3 Å². The van der Waals surface area contributed by atoms with Gasteiger partial charge in [0, 0.05) is 37.3 Å². The summed E-state index contributed by atoms with van der Waals surface area (Å²) < 4.78 is 40.2. The van der Waals surface area contributed by atoms with Crippen molar-refractivity contribution in [1.82, 2.24) is 4.90 Å². The zero-order valence-electron chi connectivity index (χ0n) is 11.3. The Kier molecular flexibility index (Phi) is 3.69. The molecule has 1 heterocycles. The van der Waals surface area contributed by atoms with Crippen LogP contribution in [0.25, 0.3) is 0 Å². The molecule has 0 saturated heterocycles. The molecular weight excluding hydrogens is 277 g/mol. The summed E-state index contributed by atoms with van der Waals surface area (Å²) in [5, 5.41) is 0. The lowest BCUT2D eigenvalue weighted by Gasteiger charge is -2.23. The van der Waals surface area contributed by atoms with Crippen LogP contribution in [-0.4, -0.2) is 11.4 Å². The molecule has 2 aromatic rings. The summed E-state index contributed by atoms with van der Waals surface area (Å²) in [6.45, 7) is 1.16. The van der Waals surface area contributed by atoms with Gasteiger partial charge in [-0.2, -0.15) is 0 Å². The monoisotopic (exact) mass is 292 g/mol. The van der Waals surface area contributed by atoms with Gasteiger partial charge >= 0.3 is 0 Å². The number of benzene rings is 2. The molecule has 21 heavy (non-hydrogen) atoms. The fourth-order valence-corrected chi connectivity index (χ4v) is 2.86. The predicted octanol–water partition coefficient (Wildman–Crippen LogP) is 3.12. The Bertz CT molecular complexity index is 655. The van der Waals surface area contributed by atoms with Gasteiger partial charge in [-0.25, -0.2) is 13.2 Å². The number of nitrogens with two attached hydrogens (primary N) is 1. The van der Waals surface area contributed by atoms with E-state index in [4.69, 9.17) is 5.73 Å². The van der Waals surface area contributed by atoms with Gasteiger partial charge < -0.3 is 5.73 Å². The van der Waals surface area contributed by atoms with Gasteiger partial charge in [-0.1, -0.05) is 12.1 Å². The smallest absolute Gasteiger partial charge is 0.130 e. The van der Waals surface area contributed by atoms with Crippen molar-refractivity contribution in [3.63, 3.8) is 0 Å². The lowest BCUT2D eigenvalue weighted by molar-refractivity contribution is 0.210. The maximum Gasteiger partial charge on any atom is 0.130 e. The van der Waals surface area contributed by atoms with Crippen LogP contribution >= 0.6 is 0 Å². The van der Waals surface area contributed by atoms with E-state index in [9.17, 15) is 13.2 Å². The Labute approximate surface area is 121 Å². The van der Waals surface area contributed by atoms with Gasteiger partial charge in [-0.15, -0.1) is 0 Å². The van der Waals surface area contributed by atoms with E-state index in [-0.39, 0.29) is 18.4 Å². The third kappa shape index (κ3) is 2.66. The highest BCUT2D eigenvalue weighted by Gasteiger charge is 2.31. The van der Waals surface area contributed by atoms with Gasteiger partial charge in [0.1, 0.15) is 17.5 Å².